The fraction of sp³-hybridized carbons (Fsp3) is 0.400. The van der Waals surface area contributed by atoms with E-state index in [1.54, 1.807) is 0 Å². The Hall–Kier alpha value is -1.64. The maximum Gasteiger partial charge on any atom is 0.262 e. The van der Waals surface area contributed by atoms with E-state index in [1.165, 1.54) is 24.1 Å². The molecule has 1 fully saturated rings. The van der Waals surface area contributed by atoms with Gasteiger partial charge in [0.15, 0.2) is 9.84 Å². The summed E-state index contributed by atoms with van der Waals surface area (Å²) in [5, 5.41) is 0.283. The van der Waals surface area contributed by atoms with Gasteiger partial charge in [0.25, 0.3) is 11.8 Å². The van der Waals surface area contributed by atoms with Crippen molar-refractivity contribution in [3.05, 3.63) is 33.3 Å². The zero-order valence-electron chi connectivity index (χ0n) is 13.2. The van der Waals surface area contributed by atoms with Crippen LogP contribution in [0, 0.1) is 0 Å². The molecule has 0 N–H and O–H groups in total. The third kappa shape index (κ3) is 3.26. The molecule has 0 aliphatic carbocycles. The topological polar surface area (TPSA) is 91.8 Å². The lowest BCUT2D eigenvalue weighted by molar-refractivity contribution is -0.131. The summed E-state index contributed by atoms with van der Waals surface area (Å²) < 4.78 is 23.1. The Kier molecular flexibility index (Phi) is 4.55. The Morgan fingerprint density at radius 2 is 1.72 bits per heavy atom. The second-order valence-corrected chi connectivity index (χ2v) is 9.11. The SMILES string of the molecule is CN(C(=O)CN1C(=O)c2cc(Cl)c(Cl)cc2C1=O)[C@H]1CCS(=O)(=O)C1. The lowest BCUT2D eigenvalue weighted by Gasteiger charge is -2.25. The number of hydrogen-bond donors (Lipinski definition) is 0. The summed E-state index contributed by atoms with van der Waals surface area (Å²) in [5.41, 5.74) is 0.191. The lowest BCUT2D eigenvalue weighted by Crippen LogP contribution is -2.45. The highest BCUT2D eigenvalue weighted by Gasteiger charge is 2.39. The minimum atomic E-state index is -3.15. The number of carbonyl (C=O) groups is 3. The molecule has 1 aromatic rings. The average Bonchev–Trinajstić information content (AvgIpc) is 3.01. The first kappa shape index (κ1) is 18.2. The molecule has 1 atom stereocenters. The van der Waals surface area contributed by atoms with Gasteiger partial charge in [-0.2, -0.15) is 0 Å². The summed E-state index contributed by atoms with van der Waals surface area (Å²) in [6.07, 6.45) is 0.345. The molecule has 1 aromatic carbocycles. The van der Waals surface area contributed by atoms with E-state index >= 15 is 0 Å². The fourth-order valence-corrected chi connectivity index (χ4v) is 5.06. The first-order chi connectivity index (χ1) is 11.6. The van der Waals surface area contributed by atoms with Gasteiger partial charge >= 0.3 is 0 Å². The van der Waals surface area contributed by atoms with Crippen LogP contribution < -0.4 is 0 Å². The highest BCUT2D eigenvalue weighted by molar-refractivity contribution is 7.91. The molecule has 3 amide bonds. The molecule has 0 bridgehead atoms. The van der Waals surface area contributed by atoms with Gasteiger partial charge in [-0.25, -0.2) is 8.42 Å². The van der Waals surface area contributed by atoms with Gasteiger partial charge in [-0.1, -0.05) is 23.2 Å². The Bertz CT molecular complexity index is 858. The number of carbonyl (C=O) groups excluding carboxylic acids is 3. The molecule has 3 rings (SSSR count). The molecule has 134 valence electrons. The van der Waals surface area contributed by atoms with Crippen LogP contribution in [0.15, 0.2) is 12.1 Å². The van der Waals surface area contributed by atoms with Crippen molar-refractivity contribution < 1.29 is 22.8 Å². The van der Waals surface area contributed by atoms with Crippen LogP contribution in [-0.4, -0.2) is 67.1 Å². The zero-order chi connectivity index (χ0) is 18.5. The number of hydrogen-bond acceptors (Lipinski definition) is 5. The largest absolute Gasteiger partial charge is 0.340 e. The van der Waals surface area contributed by atoms with Crippen LogP contribution in [0.2, 0.25) is 10.0 Å². The van der Waals surface area contributed by atoms with Crippen LogP contribution >= 0.6 is 23.2 Å². The highest BCUT2D eigenvalue weighted by atomic mass is 35.5. The van der Waals surface area contributed by atoms with Crippen molar-refractivity contribution in [1.82, 2.24) is 9.80 Å². The molecule has 0 aromatic heterocycles. The molecule has 2 heterocycles. The van der Waals surface area contributed by atoms with Gasteiger partial charge in [-0.3, -0.25) is 19.3 Å². The summed E-state index contributed by atoms with van der Waals surface area (Å²) in [6.45, 7) is -0.464. The van der Waals surface area contributed by atoms with Gasteiger partial charge < -0.3 is 4.90 Å². The Labute approximate surface area is 154 Å². The van der Waals surface area contributed by atoms with Crippen molar-refractivity contribution in [3.63, 3.8) is 0 Å². The molecular weight excluding hydrogens is 391 g/mol. The third-order valence-electron chi connectivity index (χ3n) is 4.45. The van der Waals surface area contributed by atoms with Gasteiger partial charge in [0.05, 0.1) is 32.7 Å². The van der Waals surface area contributed by atoms with E-state index in [0.29, 0.717) is 6.42 Å². The number of halogens is 2. The first-order valence-electron chi connectivity index (χ1n) is 7.42. The zero-order valence-corrected chi connectivity index (χ0v) is 15.5. The number of benzene rings is 1. The maximum atomic E-state index is 12.4. The lowest BCUT2D eigenvalue weighted by atomic mass is 10.1. The van der Waals surface area contributed by atoms with E-state index in [0.717, 1.165) is 4.90 Å². The summed E-state index contributed by atoms with van der Waals surface area (Å²) >= 11 is 11.8. The number of sulfone groups is 1. The molecule has 2 aliphatic rings. The van der Waals surface area contributed by atoms with Crippen LogP contribution in [0.1, 0.15) is 27.1 Å². The van der Waals surface area contributed by atoms with Crippen molar-refractivity contribution in [3.8, 4) is 0 Å². The van der Waals surface area contributed by atoms with E-state index in [4.69, 9.17) is 23.2 Å². The van der Waals surface area contributed by atoms with E-state index in [2.05, 4.69) is 0 Å². The van der Waals surface area contributed by atoms with Gasteiger partial charge in [0.1, 0.15) is 6.54 Å². The quantitative estimate of drug-likeness (QED) is 0.706. The van der Waals surface area contributed by atoms with Gasteiger partial charge in [0, 0.05) is 13.1 Å². The van der Waals surface area contributed by atoms with Crippen molar-refractivity contribution in [2.75, 3.05) is 25.1 Å². The summed E-state index contributed by atoms with van der Waals surface area (Å²) in [4.78, 5) is 39.3. The minimum Gasteiger partial charge on any atom is -0.340 e. The van der Waals surface area contributed by atoms with Crippen LogP contribution in [0.3, 0.4) is 0 Å². The number of amides is 3. The van der Waals surface area contributed by atoms with E-state index in [-0.39, 0.29) is 32.7 Å². The van der Waals surface area contributed by atoms with E-state index in [9.17, 15) is 22.8 Å². The van der Waals surface area contributed by atoms with E-state index in [1.807, 2.05) is 0 Å². The monoisotopic (exact) mass is 404 g/mol. The number of likely N-dealkylation sites (N-methyl/N-ethyl adjacent to an activating group) is 1. The van der Waals surface area contributed by atoms with Gasteiger partial charge in [-0.15, -0.1) is 0 Å². The molecule has 7 nitrogen and oxygen atoms in total. The summed E-state index contributed by atoms with van der Waals surface area (Å²) in [7, 11) is -1.67. The second-order valence-electron chi connectivity index (χ2n) is 6.07. The first-order valence-corrected chi connectivity index (χ1v) is 10.00. The third-order valence-corrected chi connectivity index (χ3v) is 6.93. The predicted octanol–water partition coefficient (Wildman–Crippen LogP) is 1.23. The highest BCUT2D eigenvalue weighted by Crippen LogP contribution is 2.31. The van der Waals surface area contributed by atoms with Crippen molar-refractivity contribution in [2.45, 2.75) is 12.5 Å². The normalized spacial score (nSPS) is 21.6. The molecule has 0 unspecified atom stereocenters. The number of nitrogens with zero attached hydrogens (tertiary/aromatic N) is 2. The van der Waals surface area contributed by atoms with Gasteiger partial charge in [0.2, 0.25) is 5.91 Å². The molecule has 10 heteroatoms. The molecule has 0 saturated carbocycles. The standard InChI is InChI=1S/C15H14Cl2N2O5S/c1-18(8-2-3-25(23,24)7-8)13(20)6-19-14(21)9-4-11(16)12(17)5-10(9)15(19)22/h4-5,8H,2-3,6-7H2,1H3/t8-/m0/s1. The Balaban J connectivity index is 1.76. The van der Waals surface area contributed by atoms with Crippen molar-refractivity contribution >= 4 is 50.8 Å². The fourth-order valence-electron chi connectivity index (χ4n) is 2.96. The van der Waals surface area contributed by atoms with Crippen molar-refractivity contribution in [2.24, 2.45) is 0 Å². The van der Waals surface area contributed by atoms with Crippen molar-refractivity contribution in [1.29, 1.82) is 0 Å². The molecule has 25 heavy (non-hydrogen) atoms. The summed E-state index contributed by atoms with van der Waals surface area (Å²) in [6, 6.07) is 2.16. The minimum absolute atomic E-state index is 0.0271. The average molecular weight is 405 g/mol. The number of rotatable bonds is 3. The number of imide groups is 1. The Morgan fingerprint density at radius 3 is 2.16 bits per heavy atom. The molecular formula is C15H14Cl2N2O5S. The molecule has 2 aliphatic heterocycles. The summed E-state index contributed by atoms with van der Waals surface area (Å²) in [5.74, 6) is -1.84. The Morgan fingerprint density at radius 1 is 1.20 bits per heavy atom. The molecule has 0 radical (unpaired) electrons. The van der Waals surface area contributed by atoms with Crippen LogP contribution in [0.25, 0.3) is 0 Å². The van der Waals surface area contributed by atoms with Crippen LogP contribution in [0.4, 0.5) is 0 Å². The maximum absolute atomic E-state index is 12.4. The van der Waals surface area contributed by atoms with Gasteiger partial charge in [-0.05, 0) is 18.6 Å². The second kappa shape index (κ2) is 6.26. The van der Waals surface area contributed by atoms with Crippen LogP contribution in [-0.2, 0) is 14.6 Å². The molecule has 1 saturated heterocycles. The number of fused-ring (bicyclic) bond motifs is 1. The smallest absolute Gasteiger partial charge is 0.262 e. The predicted molar refractivity (Wildman–Crippen MR) is 91.7 cm³/mol. The van der Waals surface area contributed by atoms with E-state index < -0.39 is 40.1 Å². The molecule has 0 spiro atoms. The van der Waals surface area contributed by atoms with Crippen LogP contribution in [0.5, 0.6) is 0 Å².